The molecule has 3 heteroatoms. The molecule has 0 saturated carbocycles. The van der Waals surface area contributed by atoms with Crippen LogP contribution in [0.4, 0.5) is 0 Å². The SMILES string of the molecule is Cc1ccncc1C(O)CCCCl. The van der Waals surface area contributed by atoms with E-state index < -0.39 is 6.10 Å². The van der Waals surface area contributed by atoms with E-state index >= 15 is 0 Å². The molecule has 1 aromatic rings. The molecule has 0 aliphatic carbocycles. The van der Waals surface area contributed by atoms with E-state index in [2.05, 4.69) is 4.98 Å². The Bertz CT molecular complexity index is 265. The Labute approximate surface area is 83.6 Å². The molecule has 0 spiro atoms. The maximum atomic E-state index is 9.73. The number of rotatable bonds is 4. The summed E-state index contributed by atoms with van der Waals surface area (Å²) in [7, 11) is 0. The van der Waals surface area contributed by atoms with Gasteiger partial charge < -0.3 is 5.11 Å². The predicted octanol–water partition coefficient (Wildman–Crippen LogP) is 2.44. The minimum absolute atomic E-state index is 0.424. The fourth-order valence-corrected chi connectivity index (χ4v) is 1.41. The lowest BCUT2D eigenvalue weighted by atomic mass is 10.0. The average Bonchev–Trinajstić information content (AvgIpc) is 2.15. The average molecular weight is 200 g/mol. The van der Waals surface area contributed by atoms with Crippen molar-refractivity contribution in [3.63, 3.8) is 0 Å². The third-order valence-electron chi connectivity index (χ3n) is 2.05. The normalized spacial score (nSPS) is 12.8. The molecule has 0 saturated heterocycles. The fraction of sp³-hybridized carbons (Fsp3) is 0.500. The van der Waals surface area contributed by atoms with Crippen molar-refractivity contribution >= 4 is 11.6 Å². The highest BCUT2D eigenvalue weighted by Gasteiger charge is 2.09. The zero-order valence-corrected chi connectivity index (χ0v) is 8.46. The van der Waals surface area contributed by atoms with Gasteiger partial charge in [0, 0.05) is 23.8 Å². The van der Waals surface area contributed by atoms with E-state index in [9.17, 15) is 5.11 Å². The Morgan fingerprint density at radius 2 is 2.38 bits per heavy atom. The lowest BCUT2D eigenvalue weighted by Crippen LogP contribution is -2.00. The van der Waals surface area contributed by atoms with Crippen LogP contribution in [0.5, 0.6) is 0 Å². The summed E-state index contributed by atoms with van der Waals surface area (Å²) < 4.78 is 0. The number of nitrogens with zero attached hydrogens (tertiary/aromatic N) is 1. The second kappa shape index (κ2) is 5.20. The fourth-order valence-electron chi connectivity index (χ4n) is 1.25. The molecule has 0 bridgehead atoms. The van der Waals surface area contributed by atoms with Gasteiger partial charge in [0.1, 0.15) is 0 Å². The van der Waals surface area contributed by atoms with E-state index in [-0.39, 0.29) is 0 Å². The summed E-state index contributed by atoms with van der Waals surface area (Å²) in [5.74, 6) is 0.594. The van der Waals surface area contributed by atoms with Gasteiger partial charge in [0.2, 0.25) is 0 Å². The molecule has 1 aromatic heterocycles. The molecule has 0 aliphatic heterocycles. The molecule has 0 aliphatic rings. The first-order valence-electron chi connectivity index (χ1n) is 4.40. The zero-order chi connectivity index (χ0) is 9.68. The maximum absolute atomic E-state index is 9.73. The van der Waals surface area contributed by atoms with Crippen LogP contribution < -0.4 is 0 Å². The summed E-state index contributed by atoms with van der Waals surface area (Å²) in [5.41, 5.74) is 1.99. The summed E-state index contributed by atoms with van der Waals surface area (Å²) in [4.78, 5) is 3.98. The van der Waals surface area contributed by atoms with Gasteiger partial charge >= 0.3 is 0 Å². The van der Waals surface area contributed by atoms with Crippen molar-refractivity contribution in [3.05, 3.63) is 29.6 Å². The number of aliphatic hydroxyl groups excluding tert-OH is 1. The van der Waals surface area contributed by atoms with Crippen molar-refractivity contribution in [2.45, 2.75) is 25.9 Å². The molecule has 1 atom stereocenters. The van der Waals surface area contributed by atoms with Gasteiger partial charge in [0.05, 0.1) is 6.10 Å². The van der Waals surface area contributed by atoms with Gasteiger partial charge in [-0.1, -0.05) is 0 Å². The smallest absolute Gasteiger partial charge is 0.0807 e. The van der Waals surface area contributed by atoms with Crippen LogP contribution in [0.3, 0.4) is 0 Å². The van der Waals surface area contributed by atoms with Gasteiger partial charge in [-0.15, -0.1) is 11.6 Å². The third kappa shape index (κ3) is 2.98. The standard InChI is InChI=1S/C10H14ClNO/c1-8-4-6-12-7-9(8)10(13)3-2-5-11/h4,6-7,10,13H,2-3,5H2,1H3. The summed E-state index contributed by atoms with van der Waals surface area (Å²) in [6, 6.07) is 1.90. The number of halogens is 1. The van der Waals surface area contributed by atoms with E-state index in [4.69, 9.17) is 11.6 Å². The van der Waals surface area contributed by atoms with Crippen LogP contribution in [0, 0.1) is 6.92 Å². The molecule has 1 rings (SSSR count). The van der Waals surface area contributed by atoms with E-state index in [1.807, 2.05) is 13.0 Å². The van der Waals surface area contributed by atoms with Crippen LogP contribution in [0.25, 0.3) is 0 Å². The molecule has 1 N–H and O–H groups in total. The quantitative estimate of drug-likeness (QED) is 0.756. The Morgan fingerprint density at radius 1 is 1.62 bits per heavy atom. The minimum Gasteiger partial charge on any atom is -0.388 e. The van der Waals surface area contributed by atoms with Crippen molar-refractivity contribution in [1.82, 2.24) is 4.98 Å². The zero-order valence-electron chi connectivity index (χ0n) is 7.70. The molecule has 1 heterocycles. The maximum Gasteiger partial charge on any atom is 0.0807 e. The van der Waals surface area contributed by atoms with Gasteiger partial charge in [0.25, 0.3) is 0 Å². The molecule has 0 radical (unpaired) electrons. The number of pyridine rings is 1. The highest BCUT2D eigenvalue weighted by molar-refractivity contribution is 6.17. The van der Waals surface area contributed by atoms with Gasteiger partial charge in [0.15, 0.2) is 0 Å². The molecule has 0 amide bonds. The molecule has 0 fully saturated rings. The molecular formula is C10H14ClNO. The first-order valence-corrected chi connectivity index (χ1v) is 4.93. The summed E-state index contributed by atoms with van der Waals surface area (Å²) in [6.07, 6.45) is 4.56. The third-order valence-corrected chi connectivity index (χ3v) is 2.32. The monoisotopic (exact) mass is 199 g/mol. The lowest BCUT2D eigenvalue weighted by Gasteiger charge is -2.11. The molecule has 1 unspecified atom stereocenters. The second-order valence-corrected chi connectivity index (χ2v) is 3.46. The van der Waals surface area contributed by atoms with E-state index in [0.717, 1.165) is 17.5 Å². The second-order valence-electron chi connectivity index (χ2n) is 3.08. The van der Waals surface area contributed by atoms with Crippen molar-refractivity contribution in [1.29, 1.82) is 0 Å². The van der Waals surface area contributed by atoms with E-state index in [1.165, 1.54) is 0 Å². The summed E-state index contributed by atoms with van der Waals surface area (Å²) in [6.45, 7) is 1.97. The molecular weight excluding hydrogens is 186 g/mol. The minimum atomic E-state index is -0.424. The number of hydrogen-bond acceptors (Lipinski definition) is 2. The largest absolute Gasteiger partial charge is 0.388 e. The number of aliphatic hydroxyl groups is 1. The van der Waals surface area contributed by atoms with Crippen LogP contribution >= 0.6 is 11.6 Å². The Morgan fingerprint density at radius 3 is 3.00 bits per heavy atom. The van der Waals surface area contributed by atoms with Crippen LogP contribution in [0.1, 0.15) is 30.1 Å². The molecule has 0 aromatic carbocycles. The van der Waals surface area contributed by atoms with Crippen molar-refractivity contribution < 1.29 is 5.11 Å². The van der Waals surface area contributed by atoms with Crippen molar-refractivity contribution in [2.24, 2.45) is 0 Å². The number of alkyl halides is 1. The van der Waals surface area contributed by atoms with Gasteiger partial charge in [-0.25, -0.2) is 0 Å². The number of aromatic nitrogens is 1. The van der Waals surface area contributed by atoms with Crippen molar-refractivity contribution in [3.8, 4) is 0 Å². The summed E-state index contributed by atoms with van der Waals surface area (Å²) in [5, 5.41) is 9.73. The molecule has 13 heavy (non-hydrogen) atoms. The topological polar surface area (TPSA) is 33.1 Å². The predicted molar refractivity (Wildman–Crippen MR) is 53.9 cm³/mol. The summed E-state index contributed by atoms with van der Waals surface area (Å²) >= 11 is 5.55. The van der Waals surface area contributed by atoms with Crippen LogP contribution in [0.2, 0.25) is 0 Å². The Hall–Kier alpha value is -0.600. The van der Waals surface area contributed by atoms with Gasteiger partial charge in [-0.05, 0) is 31.4 Å². The van der Waals surface area contributed by atoms with E-state index in [1.54, 1.807) is 12.4 Å². The Balaban J connectivity index is 2.65. The molecule has 72 valence electrons. The lowest BCUT2D eigenvalue weighted by molar-refractivity contribution is 0.165. The molecule has 2 nitrogen and oxygen atoms in total. The van der Waals surface area contributed by atoms with Crippen LogP contribution in [0.15, 0.2) is 18.5 Å². The first kappa shape index (κ1) is 10.5. The van der Waals surface area contributed by atoms with Gasteiger partial charge in [-0.3, -0.25) is 4.98 Å². The number of hydrogen-bond donors (Lipinski definition) is 1. The van der Waals surface area contributed by atoms with Gasteiger partial charge in [-0.2, -0.15) is 0 Å². The van der Waals surface area contributed by atoms with Crippen LogP contribution in [-0.4, -0.2) is 16.0 Å². The van der Waals surface area contributed by atoms with Crippen molar-refractivity contribution in [2.75, 3.05) is 5.88 Å². The first-order chi connectivity index (χ1) is 6.25. The van der Waals surface area contributed by atoms with Crippen LogP contribution in [-0.2, 0) is 0 Å². The highest BCUT2D eigenvalue weighted by Crippen LogP contribution is 2.20. The Kier molecular flexibility index (Phi) is 4.19. The van der Waals surface area contributed by atoms with E-state index in [0.29, 0.717) is 12.3 Å². The number of aryl methyl sites for hydroxylation is 1. The highest BCUT2D eigenvalue weighted by atomic mass is 35.5.